The Labute approximate surface area is 153 Å². The maximum Gasteiger partial charge on any atom is 0.270 e. The minimum Gasteiger partial charge on any atom is -0.465 e. The second-order valence-corrected chi connectivity index (χ2v) is 6.57. The van der Waals surface area contributed by atoms with Crippen LogP contribution in [0, 0.1) is 0 Å². The van der Waals surface area contributed by atoms with Gasteiger partial charge in [0.15, 0.2) is 0 Å². The molecule has 1 fully saturated rings. The maximum atomic E-state index is 12.9. The minimum absolute atomic E-state index is 0.219. The van der Waals surface area contributed by atoms with E-state index >= 15 is 0 Å². The van der Waals surface area contributed by atoms with Gasteiger partial charge >= 0.3 is 0 Å². The molecule has 2 heterocycles. The van der Waals surface area contributed by atoms with Crippen LogP contribution in [0.2, 0.25) is 0 Å². The molecule has 6 heteroatoms. The molecular weight excluding hydrogens is 332 g/mol. The van der Waals surface area contributed by atoms with Crippen molar-refractivity contribution in [1.29, 1.82) is 0 Å². The average molecular weight is 356 g/mol. The predicted molar refractivity (Wildman–Crippen MR) is 97.9 cm³/mol. The molecule has 6 nitrogen and oxygen atoms in total. The normalized spacial score (nSPS) is 18.6. The van der Waals surface area contributed by atoms with Gasteiger partial charge in [-0.3, -0.25) is 9.59 Å². The highest BCUT2D eigenvalue weighted by atomic mass is 16.5. The fourth-order valence-corrected chi connectivity index (χ4v) is 2.96. The molecule has 3 rings (SSSR count). The topological polar surface area (TPSA) is 71.8 Å². The van der Waals surface area contributed by atoms with Crippen molar-refractivity contribution >= 4 is 17.9 Å². The van der Waals surface area contributed by atoms with Gasteiger partial charge in [0.25, 0.3) is 11.8 Å². The fourth-order valence-electron chi connectivity index (χ4n) is 2.96. The van der Waals surface area contributed by atoms with E-state index in [4.69, 9.17) is 9.15 Å². The molecule has 26 heavy (non-hydrogen) atoms. The lowest BCUT2D eigenvalue weighted by Gasteiger charge is -2.28. The van der Waals surface area contributed by atoms with Gasteiger partial charge in [-0.15, -0.1) is 0 Å². The Morgan fingerprint density at radius 2 is 1.96 bits per heavy atom. The van der Waals surface area contributed by atoms with E-state index in [1.165, 1.54) is 11.8 Å². The lowest BCUT2D eigenvalue weighted by Crippen LogP contribution is -2.44. The summed E-state index contributed by atoms with van der Waals surface area (Å²) in [4.78, 5) is 27.3. The Morgan fingerprint density at radius 1 is 1.19 bits per heavy atom. The van der Waals surface area contributed by atoms with Crippen LogP contribution < -0.4 is 5.32 Å². The van der Waals surface area contributed by atoms with Gasteiger partial charge in [0.2, 0.25) is 0 Å². The molecule has 1 saturated heterocycles. The number of amides is 2. The summed E-state index contributed by atoms with van der Waals surface area (Å²) in [6.07, 6.45) is 6.55. The van der Waals surface area contributed by atoms with Crippen molar-refractivity contribution in [3.63, 3.8) is 0 Å². The Morgan fingerprint density at radius 3 is 2.62 bits per heavy atom. The Kier molecular flexibility index (Phi) is 5.73. The van der Waals surface area contributed by atoms with Crippen LogP contribution in [0.15, 0.2) is 51.3 Å². The first-order chi connectivity index (χ1) is 12.5. The highest BCUT2D eigenvalue weighted by molar-refractivity contribution is 6.05. The number of nitrogens with zero attached hydrogens (tertiary/aromatic N) is 1. The quantitative estimate of drug-likeness (QED) is 0.842. The molecule has 0 unspecified atom stereocenters. The third kappa shape index (κ3) is 4.32. The van der Waals surface area contributed by atoms with Crippen LogP contribution in [-0.4, -0.2) is 43.0 Å². The number of carbonyl (C=O) groups is 2. The van der Waals surface area contributed by atoms with Gasteiger partial charge in [-0.25, -0.2) is 0 Å². The molecule has 0 radical (unpaired) electrons. The summed E-state index contributed by atoms with van der Waals surface area (Å²) in [5.41, 5.74) is 3.31. The van der Waals surface area contributed by atoms with E-state index in [1.807, 2.05) is 13.0 Å². The van der Waals surface area contributed by atoms with Gasteiger partial charge in [0.1, 0.15) is 11.5 Å². The summed E-state index contributed by atoms with van der Waals surface area (Å²) in [6.45, 7) is 6.09. The summed E-state index contributed by atoms with van der Waals surface area (Å²) < 4.78 is 10.6. The van der Waals surface area contributed by atoms with Gasteiger partial charge in [-0.2, -0.15) is 0 Å². The van der Waals surface area contributed by atoms with E-state index in [0.717, 1.165) is 12.0 Å². The van der Waals surface area contributed by atoms with E-state index < -0.39 is 0 Å². The third-order valence-corrected chi connectivity index (χ3v) is 4.73. The third-order valence-electron chi connectivity index (χ3n) is 4.73. The lowest BCUT2D eigenvalue weighted by atomic mass is 9.93. The first-order valence-electron chi connectivity index (χ1n) is 8.85. The molecule has 2 amide bonds. The molecule has 0 aromatic carbocycles. The summed E-state index contributed by atoms with van der Waals surface area (Å²) in [7, 11) is 0. The lowest BCUT2D eigenvalue weighted by molar-refractivity contribution is -0.132. The van der Waals surface area contributed by atoms with Crippen LogP contribution in [0.5, 0.6) is 0 Å². The molecule has 1 aliphatic carbocycles. The molecule has 138 valence electrons. The summed E-state index contributed by atoms with van der Waals surface area (Å²) in [5.74, 6) is 0.0561. The first kappa shape index (κ1) is 18.2. The Balaban J connectivity index is 1.81. The van der Waals surface area contributed by atoms with E-state index in [9.17, 15) is 9.59 Å². The smallest absolute Gasteiger partial charge is 0.270 e. The van der Waals surface area contributed by atoms with Gasteiger partial charge in [0.05, 0.1) is 19.5 Å². The predicted octanol–water partition coefficient (Wildman–Crippen LogP) is 2.65. The number of hydrogen-bond acceptors (Lipinski definition) is 4. The van der Waals surface area contributed by atoms with Crippen molar-refractivity contribution in [3.8, 4) is 0 Å². The molecule has 1 N–H and O–H groups in total. The second-order valence-electron chi connectivity index (χ2n) is 6.57. The molecule has 1 aliphatic heterocycles. The Hall–Kier alpha value is -2.60. The largest absolute Gasteiger partial charge is 0.465 e. The molecule has 0 bridgehead atoms. The van der Waals surface area contributed by atoms with E-state index in [1.54, 1.807) is 23.1 Å². The van der Waals surface area contributed by atoms with Crippen molar-refractivity contribution in [2.75, 3.05) is 26.3 Å². The SMILES string of the molecule is CC1=C(C)CCC(C(=O)N/C(=C\c2ccco2)C(=O)N2CCOCC2)=C1. The average Bonchev–Trinajstić information content (AvgIpc) is 3.16. The van der Waals surface area contributed by atoms with E-state index in [2.05, 4.69) is 12.2 Å². The van der Waals surface area contributed by atoms with Crippen molar-refractivity contribution in [1.82, 2.24) is 10.2 Å². The molecule has 0 saturated carbocycles. The molecular formula is C20H24N2O4. The number of morpholine rings is 1. The maximum absolute atomic E-state index is 12.9. The van der Waals surface area contributed by atoms with Crippen molar-refractivity contribution in [3.05, 3.63) is 52.6 Å². The first-order valence-corrected chi connectivity index (χ1v) is 8.85. The van der Waals surface area contributed by atoms with Gasteiger partial charge < -0.3 is 19.4 Å². The number of allylic oxidation sites excluding steroid dienone is 3. The zero-order valence-electron chi connectivity index (χ0n) is 15.2. The van der Waals surface area contributed by atoms with Crippen molar-refractivity contribution in [2.24, 2.45) is 0 Å². The van der Waals surface area contributed by atoms with Crippen LogP contribution >= 0.6 is 0 Å². The highest BCUT2D eigenvalue weighted by Gasteiger charge is 2.24. The number of carbonyl (C=O) groups excluding carboxylic acids is 2. The molecule has 0 atom stereocenters. The molecule has 2 aliphatic rings. The van der Waals surface area contributed by atoms with Gasteiger partial charge in [-0.1, -0.05) is 17.2 Å². The van der Waals surface area contributed by atoms with Crippen LogP contribution in [-0.2, 0) is 14.3 Å². The van der Waals surface area contributed by atoms with E-state index in [0.29, 0.717) is 44.1 Å². The Bertz CT molecular complexity index is 766. The van der Waals surface area contributed by atoms with Crippen LogP contribution in [0.3, 0.4) is 0 Å². The second kappa shape index (κ2) is 8.19. The molecule has 1 aromatic rings. The zero-order valence-corrected chi connectivity index (χ0v) is 15.2. The van der Waals surface area contributed by atoms with Crippen LogP contribution in [0.25, 0.3) is 6.08 Å². The van der Waals surface area contributed by atoms with Gasteiger partial charge in [0, 0.05) is 24.7 Å². The number of nitrogens with one attached hydrogen (secondary N) is 1. The van der Waals surface area contributed by atoms with Crippen molar-refractivity contribution < 1.29 is 18.7 Å². The monoisotopic (exact) mass is 356 g/mol. The molecule has 1 aromatic heterocycles. The van der Waals surface area contributed by atoms with Crippen molar-refractivity contribution in [2.45, 2.75) is 26.7 Å². The number of rotatable bonds is 4. The van der Waals surface area contributed by atoms with E-state index in [-0.39, 0.29) is 17.5 Å². The number of hydrogen-bond donors (Lipinski definition) is 1. The standard InChI is InChI=1S/C20H24N2O4/c1-14-5-6-16(12-15(14)2)19(23)21-18(13-17-4-3-9-26-17)20(24)22-7-10-25-11-8-22/h3-4,9,12-13H,5-8,10-11H2,1-2H3,(H,21,23)/b18-13-. The van der Waals surface area contributed by atoms with Crippen LogP contribution in [0.4, 0.5) is 0 Å². The number of furan rings is 1. The van der Waals surface area contributed by atoms with Crippen LogP contribution in [0.1, 0.15) is 32.4 Å². The highest BCUT2D eigenvalue weighted by Crippen LogP contribution is 2.23. The number of ether oxygens (including phenoxy) is 1. The summed E-state index contributed by atoms with van der Waals surface area (Å²) in [6, 6.07) is 3.49. The zero-order chi connectivity index (χ0) is 18.5. The van der Waals surface area contributed by atoms with Gasteiger partial charge in [-0.05, 0) is 38.8 Å². The fraction of sp³-hybridized carbons (Fsp3) is 0.400. The summed E-state index contributed by atoms with van der Waals surface area (Å²) in [5, 5.41) is 2.80. The minimum atomic E-state index is -0.240. The summed E-state index contributed by atoms with van der Waals surface area (Å²) >= 11 is 0. The molecule has 0 spiro atoms.